The molecule has 1 aliphatic heterocycles. The van der Waals surface area contributed by atoms with Crippen LogP contribution in [0.2, 0.25) is 0 Å². The molecule has 2 heteroatoms. The molecule has 0 bridgehead atoms. The van der Waals surface area contributed by atoms with Crippen LogP contribution in [0.1, 0.15) is 25.8 Å². The fourth-order valence-electron chi connectivity index (χ4n) is 2.10. The van der Waals surface area contributed by atoms with Crippen molar-refractivity contribution in [2.45, 2.75) is 38.1 Å². The molecule has 1 aromatic carbocycles. The first kappa shape index (κ1) is 9.69. The summed E-state index contributed by atoms with van der Waals surface area (Å²) in [5, 5.41) is 9.95. The summed E-state index contributed by atoms with van der Waals surface area (Å²) < 4.78 is 5.59. The van der Waals surface area contributed by atoms with Gasteiger partial charge in [-0.25, -0.2) is 0 Å². The molecule has 2 rings (SSSR count). The van der Waals surface area contributed by atoms with Gasteiger partial charge in [0.15, 0.2) is 0 Å². The third kappa shape index (κ3) is 1.26. The highest BCUT2D eigenvalue weighted by molar-refractivity contribution is 5.30. The minimum atomic E-state index is -0.435. The molecule has 0 saturated carbocycles. The number of aliphatic hydroxyl groups excluding tert-OH is 1. The van der Waals surface area contributed by atoms with Gasteiger partial charge in [-0.15, -0.1) is 0 Å². The molecule has 1 saturated heterocycles. The van der Waals surface area contributed by atoms with Crippen LogP contribution < -0.4 is 0 Å². The van der Waals surface area contributed by atoms with Gasteiger partial charge < -0.3 is 9.84 Å². The fraction of sp³-hybridized carbons (Fsp3) is 0.500. The smallest absolute Gasteiger partial charge is 0.145 e. The molecule has 1 aromatic rings. The average molecular weight is 192 g/mol. The summed E-state index contributed by atoms with van der Waals surface area (Å²) in [6, 6.07) is 9.97. The summed E-state index contributed by atoms with van der Waals surface area (Å²) in [5.74, 6) is 0. The highest BCUT2D eigenvalue weighted by atomic mass is 16.6. The van der Waals surface area contributed by atoms with Crippen molar-refractivity contribution < 1.29 is 9.84 Å². The first-order valence-corrected chi connectivity index (χ1v) is 5.13. The summed E-state index contributed by atoms with van der Waals surface area (Å²) in [7, 11) is 0. The molecule has 2 nitrogen and oxygen atoms in total. The lowest BCUT2D eigenvalue weighted by Gasteiger charge is -2.18. The molecule has 3 unspecified atom stereocenters. The van der Waals surface area contributed by atoms with E-state index in [1.165, 1.54) is 0 Å². The van der Waals surface area contributed by atoms with Gasteiger partial charge in [0, 0.05) is 0 Å². The van der Waals surface area contributed by atoms with Crippen LogP contribution in [0.4, 0.5) is 0 Å². The maximum atomic E-state index is 9.95. The molecule has 3 atom stereocenters. The lowest BCUT2D eigenvalue weighted by Crippen LogP contribution is -2.28. The Kier molecular flexibility index (Phi) is 2.33. The number of epoxide rings is 1. The van der Waals surface area contributed by atoms with Crippen LogP contribution in [0.3, 0.4) is 0 Å². The zero-order valence-electron chi connectivity index (χ0n) is 8.60. The summed E-state index contributed by atoms with van der Waals surface area (Å²) in [6.07, 6.45) is 0.443. The molecular formula is C12H16O2. The molecule has 0 aliphatic carbocycles. The van der Waals surface area contributed by atoms with Crippen LogP contribution in [-0.2, 0) is 10.3 Å². The molecule has 1 heterocycles. The number of rotatable bonds is 3. The zero-order chi connectivity index (χ0) is 10.2. The largest absolute Gasteiger partial charge is 0.390 e. The monoisotopic (exact) mass is 192 g/mol. The fourth-order valence-corrected chi connectivity index (χ4v) is 2.10. The van der Waals surface area contributed by atoms with Crippen molar-refractivity contribution >= 4 is 0 Å². The van der Waals surface area contributed by atoms with Crippen LogP contribution >= 0.6 is 0 Å². The van der Waals surface area contributed by atoms with E-state index in [-0.39, 0.29) is 6.10 Å². The van der Waals surface area contributed by atoms with Crippen LogP contribution in [-0.4, -0.2) is 17.3 Å². The van der Waals surface area contributed by atoms with Crippen molar-refractivity contribution in [2.75, 3.05) is 0 Å². The molecule has 0 amide bonds. The second-order valence-corrected chi connectivity index (χ2v) is 3.84. The Bertz CT molecular complexity index is 309. The third-order valence-electron chi connectivity index (χ3n) is 3.03. The van der Waals surface area contributed by atoms with Gasteiger partial charge in [0.25, 0.3) is 0 Å². The van der Waals surface area contributed by atoms with E-state index < -0.39 is 11.7 Å². The summed E-state index contributed by atoms with van der Waals surface area (Å²) >= 11 is 0. The van der Waals surface area contributed by atoms with Crippen LogP contribution in [0.25, 0.3) is 0 Å². The molecule has 0 radical (unpaired) electrons. The third-order valence-corrected chi connectivity index (χ3v) is 3.03. The Morgan fingerprint density at radius 2 is 2.00 bits per heavy atom. The highest BCUT2D eigenvalue weighted by Gasteiger charge is 2.59. The standard InChI is InChI=1S/C12H16O2/c1-3-11(13)12(9(2)14-12)10-7-5-4-6-8-10/h4-9,11,13H,3H2,1-2H3. The number of hydrogen-bond donors (Lipinski definition) is 1. The van der Waals surface area contributed by atoms with Gasteiger partial charge >= 0.3 is 0 Å². The number of ether oxygens (including phenoxy) is 1. The molecule has 14 heavy (non-hydrogen) atoms. The van der Waals surface area contributed by atoms with E-state index in [4.69, 9.17) is 4.74 Å². The van der Waals surface area contributed by atoms with E-state index in [0.717, 1.165) is 12.0 Å². The molecule has 1 N–H and O–H groups in total. The van der Waals surface area contributed by atoms with E-state index in [2.05, 4.69) is 0 Å². The predicted molar refractivity (Wildman–Crippen MR) is 55.0 cm³/mol. The van der Waals surface area contributed by atoms with Crippen molar-refractivity contribution in [2.24, 2.45) is 0 Å². The van der Waals surface area contributed by atoms with Gasteiger partial charge in [0.05, 0.1) is 12.2 Å². The van der Waals surface area contributed by atoms with Crippen molar-refractivity contribution in [3.05, 3.63) is 35.9 Å². The molecule has 0 spiro atoms. The van der Waals surface area contributed by atoms with Gasteiger partial charge in [-0.2, -0.15) is 0 Å². The molecule has 1 fully saturated rings. The predicted octanol–water partition coefficient (Wildman–Crippen LogP) is 2.07. The van der Waals surface area contributed by atoms with E-state index in [1.54, 1.807) is 0 Å². The lowest BCUT2D eigenvalue weighted by molar-refractivity contribution is 0.0702. The Morgan fingerprint density at radius 1 is 1.43 bits per heavy atom. The van der Waals surface area contributed by atoms with Gasteiger partial charge in [-0.05, 0) is 18.9 Å². The Balaban J connectivity index is 2.31. The summed E-state index contributed by atoms with van der Waals surface area (Å²) in [4.78, 5) is 0. The lowest BCUT2D eigenvalue weighted by atomic mass is 9.89. The van der Waals surface area contributed by atoms with Crippen molar-refractivity contribution in [1.29, 1.82) is 0 Å². The second-order valence-electron chi connectivity index (χ2n) is 3.84. The van der Waals surface area contributed by atoms with E-state index in [9.17, 15) is 5.11 Å². The number of aliphatic hydroxyl groups is 1. The van der Waals surface area contributed by atoms with Crippen molar-refractivity contribution in [3.63, 3.8) is 0 Å². The van der Waals surface area contributed by atoms with Crippen LogP contribution in [0.5, 0.6) is 0 Å². The SMILES string of the molecule is CCC(O)C1(c2ccccc2)OC1C. The molecular weight excluding hydrogens is 176 g/mol. The normalized spacial score (nSPS) is 32.6. The van der Waals surface area contributed by atoms with Crippen molar-refractivity contribution in [1.82, 2.24) is 0 Å². The maximum absolute atomic E-state index is 9.95. The van der Waals surface area contributed by atoms with Crippen molar-refractivity contribution in [3.8, 4) is 0 Å². The number of benzene rings is 1. The van der Waals surface area contributed by atoms with Gasteiger partial charge in [0.2, 0.25) is 0 Å². The quantitative estimate of drug-likeness (QED) is 0.744. The van der Waals surface area contributed by atoms with Crippen LogP contribution in [0.15, 0.2) is 30.3 Å². The zero-order valence-corrected chi connectivity index (χ0v) is 8.60. The first-order chi connectivity index (χ1) is 6.71. The minimum Gasteiger partial charge on any atom is -0.390 e. The molecule has 1 aliphatic rings. The van der Waals surface area contributed by atoms with Gasteiger partial charge in [0.1, 0.15) is 5.60 Å². The number of hydrogen-bond acceptors (Lipinski definition) is 2. The summed E-state index contributed by atoms with van der Waals surface area (Å²) in [6.45, 7) is 3.98. The minimum absolute atomic E-state index is 0.125. The maximum Gasteiger partial charge on any atom is 0.145 e. The Labute approximate surface area is 84.5 Å². The Morgan fingerprint density at radius 3 is 2.43 bits per heavy atom. The molecule has 76 valence electrons. The second kappa shape index (κ2) is 3.37. The average Bonchev–Trinajstić information content (AvgIpc) is 2.92. The molecule has 0 aromatic heterocycles. The van der Waals surface area contributed by atoms with Crippen LogP contribution in [0, 0.1) is 0 Å². The first-order valence-electron chi connectivity index (χ1n) is 5.13. The van der Waals surface area contributed by atoms with E-state index in [0.29, 0.717) is 0 Å². The summed E-state index contributed by atoms with van der Waals surface area (Å²) in [5.41, 5.74) is 0.651. The highest BCUT2D eigenvalue weighted by Crippen LogP contribution is 2.49. The Hall–Kier alpha value is -0.860. The topological polar surface area (TPSA) is 32.8 Å². The van der Waals surface area contributed by atoms with E-state index >= 15 is 0 Å². The van der Waals surface area contributed by atoms with E-state index in [1.807, 2.05) is 44.2 Å². The van der Waals surface area contributed by atoms with Gasteiger partial charge in [-0.3, -0.25) is 0 Å². The van der Waals surface area contributed by atoms with Gasteiger partial charge in [-0.1, -0.05) is 37.3 Å².